The average Bonchev–Trinajstić information content (AvgIpc) is 2.19. The van der Waals surface area contributed by atoms with E-state index in [2.05, 4.69) is 0 Å². The molecule has 0 aromatic heterocycles. The van der Waals surface area contributed by atoms with Crippen molar-refractivity contribution in [3.63, 3.8) is 0 Å². The fourth-order valence-electron chi connectivity index (χ4n) is 1.19. The van der Waals surface area contributed by atoms with Crippen LogP contribution in [0.4, 0.5) is 0 Å². The minimum absolute atomic E-state index is 0.352. The lowest BCUT2D eigenvalue weighted by Crippen LogP contribution is -2.57. The zero-order valence-corrected chi connectivity index (χ0v) is 8.81. The molecule has 1 aromatic rings. The summed E-state index contributed by atoms with van der Waals surface area (Å²) in [6.45, 7) is 0. The van der Waals surface area contributed by atoms with Crippen molar-refractivity contribution in [2.45, 2.75) is 12.2 Å². The molecule has 0 unspecified atom stereocenters. The molecule has 0 spiro atoms. The number of methoxy groups -OCH3 is 1. The van der Waals surface area contributed by atoms with Gasteiger partial charge in [-0.3, -0.25) is 0 Å². The van der Waals surface area contributed by atoms with Gasteiger partial charge >= 0.3 is 0 Å². The summed E-state index contributed by atoms with van der Waals surface area (Å²) in [5.74, 6) is -0.472. The molecule has 4 heteroatoms. The van der Waals surface area contributed by atoms with E-state index in [9.17, 15) is 0 Å². The first-order valence-electron chi connectivity index (χ1n) is 4.69. The topological polar surface area (TPSA) is 87.3 Å². The molecule has 82 valence electrons. The Bertz CT molecular complexity index is 327. The lowest BCUT2D eigenvalue weighted by atomic mass is 10.1. The molecule has 0 fully saturated rings. The van der Waals surface area contributed by atoms with Gasteiger partial charge in [-0.2, -0.15) is 0 Å². The summed E-state index contributed by atoms with van der Waals surface area (Å²) in [6.07, 6.45) is 2.14. The molecule has 0 saturated heterocycles. The smallest absolute Gasteiger partial charge is 0.122 e. The predicted octanol–water partition coefficient (Wildman–Crippen LogP) is 0.594. The van der Waals surface area contributed by atoms with E-state index in [1.807, 2.05) is 30.3 Å². The summed E-state index contributed by atoms with van der Waals surface area (Å²) in [5.41, 5.74) is 17.4. The molecule has 0 aliphatic rings. The zero-order valence-electron chi connectivity index (χ0n) is 8.81. The van der Waals surface area contributed by atoms with E-state index in [4.69, 9.17) is 21.9 Å². The van der Waals surface area contributed by atoms with Crippen molar-refractivity contribution >= 4 is 5.76 Å². The molecule has 1 rings (SSSR count). The van der Waals surface area contributed by atoms with Crippen molar-refractivity contribution in [1.82, 2.24) is 0 Å². The van der Waals surface area contributed by atoms with Gasteiger partial charge in [0.15, 0.2) is 0 Å². The first kappa shape index (κ1) is 11.7. The van der Waals surface area contributed by atoms with Crippen molar-refractivity contribution in [3.8, 4) is 0 Å². The van der Waals surface area contributed by atoms with Gasteiger partial charge < -0.3 is 21.9 Å². The van der Waals surface area contributed by atoms with Gasteiger partial charge in [-0.05, 0) is 6.08 Å². The van der Waals surface area contributed by atoms with Gasteiger partial charge in [-0.25, -0.2) is 0 Å². The summed E-state index contributed by atoms with van der Waals surface area (Å²) in [5, 5.41) is 0. The molecule has 1 aromatic carbocycles. The highest BCUT2D eigenvalue weighted by molar-refractivity contribution is 5.59. The summed E-state index contributed by atoms with van der Waals surface area (Å²) in [4.78, 5) is 0. The maximum absolute atomic E-state index is 5.47. The summed E-state index contributed by atoms with van der Waals surface area (Å²) < 4.78 is 5.23. The van der Waals surface area contributed by atoms with Crippen LogP contribution in [0.2, 0.25) is 0 Å². The van der Waals surface area contributed by atoms with Gasteiger partial charge in [0.25, 0.3) is 0 Å². The van der Waals surface area contributed by atoms with Gasteiger partial charge in [0, 0.05) is 12.0 Å². The molecular weight excluding hydrogens is 190 g/mol. The van der Waals surface area contributed by atoms with Gasteiger partial charge in [-0.1, -0.05) is 30.3 Å². The highest BCUT2D eigenvalue weighted by Gasteiger charge is 2.10. The van der Waals surface area contributed by atoms with Crippen LogP contribution in [0.25, 0.3) is 5.76 Å². The molecule has 0 radical (unpaired) electrons. The van der Waals surface area contributed by atoms with Crippen molar-refractivity contribution < 1.29 is 4.74 Å². The van der Waals surface area contributed by atoms with Crippen LogP contribution in [-0.2, 0) is 4.74 Å². The second kappa shape index (κ2) is 4.93. The van der Waals surface area contributed by atoms with E-state index in [1.165, 1.54) is 0 Å². The molecule has 15 heavy (non-hydrogen) atoms. The molecule has 0 saturated carbocycles. The number of benzene rings is 1. The fraction of sp³-hybridized carbons (Fsp3) is 0.273. The van der Waals surface area contributed by atoms with Crippen LogP contribution in [-0.4, -0.2) is 12.9 Å². The maximum Gasteiger partial charge on any atom is 0.122 e. The number of nitrogens with two attached hydrogens (primary N) is 3. The van der Waals surface area contributed by atoms with Gasteiger partial charge in [0.1, 0.15) is 11.5 Å². The van der Waals surface area contributed by atoms with Gasteiger partial charge in [-0.15, -0.1) is 0 Å². The summed E-state index contributed by atoms with van der Waals surface area (Å²) in [6, 6.07) is 9.70. The Morgan fingerprint density at radius 1 is 1.27 bits per heavy atom. The molecule has 4 nitrogen and oxygen atoms in total. The monoisotopic (exact) mass is 207 g/mol. The molecule has 0 aliphatic heterocycles. The number of hydrogen-bond acceptors (Lipinski definition) is 4. The molecule has 0 heterocycles. The predicted molar refractivity (Wildman–Crippen MR) is 61.3 cm³/mol. The summed E-state index contributed by atoms with van der Waals surface area (Å²) in [7, 11) is 1.60. The molecule has 0 aliphatic carbocycles. The molecule has 0 bridgehead atoms. The molecular formula is C11H17N3O. The highest BCUT2D eigenvalue weighted by atomic mass is 16.5. The summed E-state index contributed by atoms with van der Waals surface area (Å²) >= 11 is 0. The Balaban J connectivity index is 2.81. The van der Waals surface area contributed by atoms with E-state index in [0.29, 0.717) is 6.42 Å². The number of rotatable bonds is 4. The van der Waals surface area contributed by atoms with E-state index in [1.54, 1.807) is 13.2 Å². The van der Waals surface area contributed by atoms with Crippen LogP contribution < -0.4 is 17.2 Å². The van der Waals surface area contributed by atoms with E-state index in [-0.39, 0.29) is 0 Å². The second-order valence-corrected chi connectivity index (χ2v) is 3.46. The van der Waals surface area contributed by atoms with Gasteiger partial charge in [0.05, 0.1) is 7.11 Å². The van der Waals surface area contributed by atoms with Crippen LogP contribution in [0, 0.1) is 0 Å². The average molecular weight is 207 g/mol. The fourth-order valence-corrected chi connectivity index (χ4v) is 1.19. The van der Waals surface area contributed by atoms with E-state index < -0.39 is 5.79 Å². The van der Waals surface area contributed by atoms with Crippen LogP contribution in [0.1, 0.15) is 12.0 Å². The Morgan fingerprint density at radius 2 is 1.87 bits per heavy atom. The van der Waals surface area contributed by atoms with Crippen molar-refractivity contribution in [3.05, 3.63) is 42.0 Å². The lowest BCUT2D eigenvalue weighted by Gasteiger charge is -2.16. The van der Waals surface area contributed by atoms with Crippen molar-refractivity contribution in [1.29, 1.82) is 0 Å². The maximum atomic E-state index is 5.47. The molecule has 0 atom stereocenters. The minimum atomic E-state index is -1.20. The Kier molecular flexibility index (Phi) is 3.85. The number of ether oxygens (including phenoxy) is 1. The first-order valence-corrected chi connectivity index (χ1v) is 4.69. The quantitative estimate of drug-likeness (QED) is 0.498. The molecule has 6 N–H and O–H groups in total. The van der Waals surface area contributed by atoms with Crippen LogP contribution in [0.5, 0.6) is 0 Å². The second-order valence-electron chi connectivity index (χ2n) is 3.46. The Morgan fingerprint density at radius 3 is 2.33 bits per heavy atom. The van der Waals surface area contributed by atoms with E-state index >= 15 is 0 Å². The normalized spacial score (nSPS) is 12.7. The standard InChI is InChI=1S/C11H17N3O/c1-15-10(7-8-11(12,13)14)9-5-3-2-4-6-9/h2-7H,8,12-14H2,1H3/b10-7-. The van der Waals surface area contributed by atoms with Crippen LogP contribution in [0.15, 0.2) is 36.4 Å². The van der Waals surface area contributed by atoms with Crippen molar-refractivity contribution in [2.75, 3.05) is 7.11 Å². The van der Waals surface area contributed by atoms with Gasteiger partial charge in [0.2, 0.25) is 0 Å². The third kappa shape index (κ3) is 4.12. The third-order valence-corrected chi connectivity index (χ3v) is 1.92. The first-order chi connectivity index (χ1) is 7.03. The zero-order chi connectivity index (χ0) is 11.3. The minimum Gasteiger partial charge on any atom is -0.496 e. The number of hydrogen-bond donors (Lipinski definition) is 3. The Hall–Kier alpha value is -1.36. The Labute approximate surface area is 89.7 Å². The third-order valence-electron chi connectivity index (χ3n) is 1.92. The molecule has 0 amide bonds. The SMILES string of the molecule is CO/C(=C\CC(N)(N)N)c1ccccc1. The largest absolute Gasteiger partial charge is 0.496 e. The highest BCUT2D eigenvalue weighted by Crippen LogP contribution is 2.15. The lowest BCUT2D eigenvalue weighted by molar-refractivity contribution is 0.365. The van der Waals surface area contributed by atoms with Crippen molar-refractivity contribution in [2.24, 2.45) is 17.2 Å². The van der Waals surface area contributed by atoms with Crippen LogP contribution in [0.3, 0.4) is 0 Å². The van der Waals surface area contributed by atoms with Crippen LogP contribution >= 0.6 is 0 Å². The van der Waals surface area contributed by atoms with E-state index in [0.717, 1.165) is 11.3 Å².